The quantitative estimate of drug-likeness (QED) is 0.586. The van der Waals surface area contributed by atoms with Crippen LogP contribution in [0.1, 0.15) is 13.8 Å². The molecule has 0 heterocycles. The highest BCUT2D eigenvalue weighted by Crippen LogP contribution is 1.87. The van der Waals surface area contributed by atoms with Gasteiger partial charge in [0.1, 0.15) is 6.04 Å². The van der Waals surface area contributed by atoms with Gasteiger partial charge in [0.25, 0.3) is 0 Å². The molecule has 0 aliphatic carbocycles. The van der Waals surface area contributed by atoms with Crippen molar-refractivity contribution in [3.8, 4) is 0 Å². The molecule has 14 heavy (non-hydrogen) atoms. The zero-order valence-electron chi connectivity index (χ0n) is 9.08. The number of amides is 1. The summed E-state index contributed by atoms with van der Waals surface area (Å²) in [6.45, 7) is 5.15. The first-order valence-corrected chi connectivity index (χ1v) is 4.74. The fourth-order valence-electron chi connectivity index (χ4n) is 0.941. The molecule has 0 rings (SSSR count). The van der Waals surface area contributed by atoms with Crippen molar-refractivity contribution in [3.63, 3.8) is 0 Å². The van der Waals surface area contributed by atoms with E-state index >= 15 is 0 Å². The maximum atomic E-state index is 11.3. The van der Waals surface area contributed by atoms with E-state index in [0.717, 1.165) is 0 Å². The van der Waals surface area contributed by atoms with E-state index in [4.69, 9.17) is 15.2 Å². The lowest BCUT2D eigenvalue weighted by Crippen LogP contribution is -2.47. The van der Waals surface area contributed by atoms with Gasteiger partial charge in [-0.15, -0.1) is 0 Å². The Morgan fingerprint density at radius 1 is 1.50 bits per heavy atom. The van der Waals surface area contributed by atoms with E-state index < -0.39 is 6.04 Å². The smallest absolute Gasteiger partial charge is 0.239 e. The van der Waals surface area contributed by atoms with Crippen molar-refractivity contribution in [3.05, 3.63) is 0 Å². The largest absolute Gasteiger partial charge is 0.383 e. The standard InChI is InChI=1S/C9H20N2O3/c1-4-14-5-7(2)11-9(12)8(10)6-13-3/h7-8H,4-6,10H2,1-3H3,(H,11,12). The molecule has 0 aromatic rings. The van der Waals surface area contributed by atoms with E-state index in [9.17, 15) is 4.79 Å². The van der Waals surface area contributed by atoms with Crippen LogP contribution in [0.5, 0.6) is 0 Å². The highest BCUT2D eigenvalue weighted by molar-refractivity contribution is 5.81. The normalized spacial score (nSPS) is 14.9. The molecule has 2 atom stereocenters. The maximum absolute atomic E-state index is 11.3. The van der Waals surface area contributed by atoms with Crippen molar-refractivity contribution in [2.45, 2.75) is 25.9 Å². The van der Waals surface area contributed by atoms with E-state index in [1.54, 1.807) is 0 Å². The summed E-state index contributed by atoms with van der Waals surface area (Å²) in [5.41, 5.74) is 5.53. The molecule has 3 N–H and O–H groups in total. The van der Waals surface area contributed by atoms with Gasteiger partial charge in [0.05, 0.1) is 13.2 Å². The van der Waals surface area contributed by atoms with Crippen LogP contribution in [0.4, 0.5) is 0 Å². The van der Waals surface area contributed by atoms with Gasteiger partial charge in [-0.05, 0) is 13.8 Å². The van der Waals surface area contributed by atoms with Gasteiger partial charge in [-0.1, -0.05) is 0 Å². The van der Waals surface area contributed by atoms with E-state index in [-0.39, 0.29) is 18.6 Å². The topological polar surface area (TPSA) is 73.6 Å². The molecule has 0 saturated carbocycles. The summed E-state index contributed by atoms with van der Waals surface area (Å²) in [6, 6.07) is -0.630. The van der Waals surface area contributed by atoms with Crippen LogP contribution in [0.3, 0.4) is 0 Å². The molecule has 0 aliphatic rings. The van der Waals surface area contributed by atoms with Gasteiger partial charge < -0.3 is 20.5 Å². The molecule has 0 radical (unpaired) electrons. The zero-order chi connectivity index (χ0) is 11.0. The molecule has 0 spiro atoms. The lowest BCUT2D eigenvalue weighted by molar-refractivity contribution is -0.124. The SMILES string of the molecule is CCOCC(C)NC(=O)C(N)COC. The Hall–Kier alpha value is -0.650. The summed E-state index contributed by atoms with van der Waals surface area (Å²) in [7, 11) is 1.51. The molecule has 5 heteroatoms. The first-order valence-electron chi connectivity index (χ1n) is 4.74. The molecule has 0 aliphatic heterocycles. The van der Waals surface area contributed by atoms with Crippen LogP contribution >= 0.6 is 0 Å². The van der Waals surface area contributed by atoms with Gasteiger partial charge in [0.15, 0.2) is 0 Å². The Labute approximate surface area is 84.9 Å². The second-order valence-corrected chi connectivity index (χ2v) is 3.13. The number of carbonyl (C=O) groups excluding carboxylic acids is 1. The fourth-order valence-corrected chi connectivity index (χ4v) is 0.941. The van der Waals surface area contributed by atoms with Crippen molar-refractivity contribution in [1.82, 2.24) is 5.32 Å². The number of ether oxygens (including phenoxy) is 2. The van der Waals surface area contributed by atoms with Crippen LogP contribution in [0.2, 0.25) is 0 Å². The third kappa shape index (κ3) is 5.90. The first kappa shape index (κ1) is 13.4. The summed E-state index contributed by atoms with van der Waals surface area (Å²) in [4.78, 5) is 11.3. The van der Waals surface area contributed by atoms with E-state index in [0.29, 0.717) is 13.2 Å². The Morgan fingerprint density at radius 3 is 2.64 bits per heavy atom. The molecule has 84 valence electrons. The highest BCUT2D eigenvalue weighted by atomic mass is 16.5. The summed E-state index contributed by atoms with van der Waals surface area (Å²) < 4.78 is 9.92. The lowest BCUT2D eigenvalue weighted by Gasteiger charge is -2.16. The van der Waals surface area contributed by atoms with E-state index in [1.165, 1.54) is 7.11 Å². The lowest BCUT2D eigenvalue weighted by atomic mass is 10.2. The summed E-state index contributed by atoms with van der Waals surface area (Å²) in [5, 5.41) is 2.73. The minimum Gasteiger partial charge on any atom is -0.383 e. The third-order valence-electron chi connectivity index (χ3n) is 1.64. The Bertz CT molecular complexity index is 164. The Morgan fingerprint density at radius 2 is 2.14 bits per heavy atom. The molecule has 2 unspecified atom stereocenters. The molecule has 0 aromatic heterocycles. The van der Waals surface area contributed by atoms with Crippen molar-refractivity contribution in [2.75, 3.05) is 26.9 Å². The Balaban J connectivity index is 3.69. The van der Waals surface area contributed by atoms with Crippen molar-refractivity contribution >= 4 is 5.91 Å². The zero-order valence-corrected chi connectivity index (χ0v) is 9.08. The molecule has 1 amide bonds. The minimum atomic E-state index is -0.607. The monoisotopic (exact) mass is 204 g/mol. The van der Waals surface area contributed by atoms with Gasteiger partial charge in [-0.2, -0.15) is 0 Å². The van der Waals surface area contributed by atoms with Crippen molar-refractivity contribution < 1.29 is 14.3 Å². The minimum absolute atomic E-state index is 0.0228. The number of rotatable bonds is 7. The highest BCUT2D eigenvalue weighted by Gasteiger charge is 2.14. The summed E-state index contributed by atoms with van der Waals surface area (Å²) in [6.07, 6.45) is 0. The molecular formula is C9H20N2O3. The fraction of sp³-hybridized carbons (Fsp3) is 0.889. The molecule has 0 fully saturated rings. The second kappa shape index (κ2) is 7.73. The molecule has 5 nitrogen and oxygen atoms in total. The number of methoxy groups -OCH3 is 1. The number of hydrogen-bond donors (Lipinski definition) is 2. The molecule has 0 bridgehead atoms. The van der Waals surface area contributed by atoms with Crippen LogP contribution in [-0.2, 0) is 14.3 Å². The predicted molar refractivity (Wildman–Crippen MR) is 53.9 cm³/mol. The van der Waals surface area contributed by atoms with Crippen LogP contribution in [0.25, 0.3) is 0 Å². The number of hydrogen-bond acceptors (Lipinski definition) is 4. The van der Waals surface area contributed by atoms with E-state index in [1.807, 2.05) is 13.8 Å². The number of nitrogens with two attached hydrogens (primary N) is 1. The number of carbonyl (C=O) groups is 1. The average molecular weight is 204 g/mol. The van der Waals surface area contributed by atoms with Crippen LogP contribution in [0, 0.1) is 0 Å². The third-order valence-corrected chi connectivity index (χ3v) is 1.64. The van der Waals surface area contributed by atoms with Gasteiger partial charge >= 0.3 is 0 Å². The molecular weight excluding hydrogens is 184 g/mol. The molecule has 0 aromatic carbocycles. The van der Waals surface area contributed by atoms with Crippen molar-refractivity contribution in [2.24, 2.45) is 5.73 Å². The van der Waals surface area contributed by atoms with Crippen LogP contribution in [0.15, 0.2) is 0 Å². The summed E-state index contributed by atoms with van der Waals surface area (Å²) >= 11 is 0. The Kier molecular flexibility index (Phi) is 7.37. The first-order chi connectivity index (χ1) is 6.61. The number of nitrogens with one attached hydrogen (secondary N) is 1. The van der Waals surface area contributed by atoms with E-state index in [2.05, 4.69) is 5.32 Å². The average Bonchev–Trinajstić information content (AvgIpc) is 2.15. The van der Waals surface area contributed by atoms with Gasteiger partial charge in [0.2, 0.25) is 5.91 Å². The summed E-state index contributed by atoms with van der Waals surface area (Å²) in [5.74, 6) is -0.209. The second-order valence-electron chi connectivity index (χ2n) is 3.13. The van der Waals surface area contributed by atoms with Crippen molar-refractivity contribution in [1.29, 1.82) is 0 Å². The maximum Gasteiger partial charge on any atom is 0.239 e. The molecule has 0 saturated heterocycles. The van der Waals surface area contributed by atoms with Gasteiger partial charge in [-0.3, -0.25) is 4.79 Å². The van der Waals surface area contributed by atoms with Crippen LogP contribution < -0.4 is 11.1 Å². The van der Waals surface area contributed by atoms with Crippen LogP contribution in [-0.4, -0.2) is 44.9 Å². The van der Waals surface area contributed by atoms with Gasteiger partial charge in [0, 0.05) is 19.8 Å². The predicted octanol–water partition coefficient (Wildman–Crippen LogP) is -0.499. The van der Waals surface area contributed by atoms with Gasteiger partial charge in [-0.25, -0.2) is 0 Å².